The van der Waals surface area contributed by atoms with Crippen LogP contribution in [-0.4, -0.2) is 30.9 Å². The third-order valence-electron chi connectivity index (χ3n) is 6.30. The molecule has 9 nitrogen and oxygen atoms in total. The van der Waals surface area contributed by atoms with Crippen LogP contribution in [-0.2, 0) is 33.0 Å². The molecular weight excluding hydrogens is 472 g/mol. The van der Waals surface area contributed by atoms with Crippen LogP contribution in [0.5, 0.6) is 11.5 Å². The monoisotopic (exact) mass is 496 g/mol. The summed E-state index contributed by atoms with van der Waals surface area (Å²) in [6.07, 6.45) is 3.93. The molecule has 1 aliphatic carbocycles. The van der Waals surface area contributed by atoms with Crippen molar-refractivity contribution in [1.29, 1.82) is 0 Å². The first-order chi connectivity index (χ1) is 16.4. The Hall–Kier alpha value is -3.82. The maximum atomic E-state index is 12.5. The van der Waals surface area contributed by atoms with Crippen molar-refractivity contribution in [2.24, 2.45) is 7.05 Å². The standard InChI is InChI=1S/C25H24N4O5.ClH/c1-29-17(13-27-12-14-4-3-7-26-11-14)8-16-9-19-15(10-20(16)29)5-2-6-18-21(19)28-24(31)23(22(18)30)34-25(32)33;/h3-4,7-11,27H,2,5-6,12-13H2,1H3,(H,32,33)(H2,28,30,31);1H. The van der Waals surface area contributed by atoms with Crippen LogP contribution in [0.25, 0.3) is 22.2 Å². The van der Waals surface area contributed by atoms with Gasteiger partial charge in [0.1, 0.15) is 0 Å². The van der Waals surface area contributed by atoms with Crippen LogP contribution in [0.2, 0.25) is 0 Å². The Balaban J connectivity index is 0.00000289. The number of ether oxygens (including phenoxy) is 1. The molecule has 0 bridgehead atoms. The summed E-state index contributed by atoms with van der Waals surface area (Å²) in [6.45, 7) is 1.38. The number of nitrogens with zero attached hydrogens (tertiary/aromatic N) is 2. The highest BCUT2D eigenvalue weighted by atomic mass is 35.5. The molecule has 0 fully saturated rings. The van der Waals surface area contributed by atoms with E-state index in [2.05, 4.69) is 36.7 Å². The van der Waals surface area contributed by atoms with E-state index in [0.717, 1.165) is 46.1 Å². The van der Waals surface area contributed by atoms with Gasteiger partial charge in [-0.2, -0.15) is 0 Å². The van der Waals surface area contributed by atoms with E-state index in [9.17, 15) is 14.7 Å². The predicted octanol–water partition coefficient (Wildman–Crippen LogP) is 3.89. The summed E-state index contributed by atoms with van der Waals surface area (Å²) >= 11 is 0. The predicted molar refractivity (Wildman–Crippen MR) is 133 cm³/mol. The van der Waals surface area contributed by atoms with E-state index in [-0.39, 0.29) is 12.4 Å². The van der Waals surface area contributed by atoms with Gasteiger partial charge in [-0.05, 0) is 54.7 Å². The van der Waals surface area contributed by atoms with Crippen LogP contribution in [0.15, 0.2) is 47.5 Å². The van der Waals surface area contributed by atoms with Gasteiger partial charge in [0.2, 0.25) is 5.75 Å². The fraction of sp³-hybridized carbons (Fsp3) is 0.240. The second-order valence-electron chi connectivity index (χ2n) is 8.43. The normalized spacial score (nSPS) is 12.4. The lowest BCUT2D eigenvalue weighted by Crippen LogP contribution is -2.17. The molecule has 0 amide bonds. The van der Waals surface area contributed by atoms with Crippen molar-refractivity contribution in [2.75, 3.05) is 0 Å². The van der Waals surface area contributed by atoms with Gasteiger partial charge in [-0.1, -0.05) is 6.07 Å². The Morgan fingerprint density at radius 2 is 2.09 bits per heavy atom. The van der Waals surface area contributed by atoms with Crippen molar-refractivity contribution in [2.45, 2.75) is 32.4 Å². The largest absolute Gasteiger partial charge is 0.511 e. The molecule has 1 aliphatic rings. The number of halogens is 1. The van der Waals surface area contributed by atoms with Gasteiger partial charge in [0.15, 0.2) is 5.75 Å². The smallest absolute Gasteiger partial charge is 0.504 e. The summed E-state index contributed by atoms with van der Waals surface area (Å²) in [6, 6.07) is 10.2. The molecule has 35 heavy (non-hydrogen) atoms. The number of nitrogens with one attached hydrogen (secondary N) is 2. The van der Waals surface area contributed by atoms with Crippen LogP contribution >= 0.6 is 12.4 Å². The molecule has 0 aliphatic heterocycles. The number of H-pyrrole nitrogens is 1. The lowest BCUT2D eigenvalue weighted by molar-refractivity contribution is 0.142. The van der Waals surface area contributed by atoms with Gasteiger partial charge in [-0.15, -0.1) is 12.4 Å². The molecule has 0 atom stereocenters. The van der Waals surface area contributed by atoms with Crippen molar-refractivity contribution in [3.8, 4) is 22.8 Å². The average Bonchev–Trinajstić information content (AvgIpc) is 3.00. The van der Waals surface area contributed by atoms with Crippen molar-refractivity contribution < 1.29 is 19.7 Å². The van der Waals surface area contributed by atoms with E-state index in [4.69, 9.17) is 5.11 Å². The second-order valence-corrected chi connectivity index (χ2v) is 8.43. The molecule has 4 aromatic rings. The maximum Gasteiger partial charge on any atom is 0.511 e. The van der Waals surface area contributed by atoms with E-state index >= 15 is 0 Å². The van der Waals surface area contributed by atoms with Gasteiger partial charge in [0, 0.05) is 60.3 Å². The zero-order chi connectivity index (χ0) is 23.8. The number of hydrogen-bond acceptors (Lipinski definition) is 6. The molecule has 0 radical (unpaired) electrons. The molecule has 10 heteroatoms. The first kappa shape index (κ1) is 24.3. The molecular formula is C25H25ClN4O5. The Labute approximate surface area is 206 Å². The average molecular weight is 497 g/mol. The number of hydrogen-bond donors (Lipinski definition) is 4. The number of benzene rings is 1. The molecule has 3 heterocycles. The Kier molecular flexibility index (Phi) is 6.81. The van der Waals surface area contributed by atoms with Crippen molar-refractivity contribution in [3.05, 3.63) is 75.5 Å². The van der Waals surface area contributed by atoms with Gasteiger partial charge >= 0.3 is 6.16 Å². The number of rotatable bonds is 5. The number of aromatic hydroxyl groups is 1. The highest BCUT2D eigenvalue weighted by Gasteiger charge is 2.25. The minimum atomic E-state index is -1.65. The zero-order valence-electron chi connectivity index (χ0n) is 19.0. The van der Waals surface area contributed by atoms with Gasteiger partial charge in [-0.3, -0.25) is 9.78 Å². The highest BCUT2D eigenvalue weighted by Crippen LogP contribution is 2.40. The molecule has 1 aromatic carbocycles. The molecule has 182 valence electrons. The van der Waals surface area contributed by atoms with Gasteiger partial charge in [0.05, 0.1) is 5.69 Å². The summed E-state index contributed by atoms with van der Waals surface area (Å²) in [5, 5.41) is 24.0. The number of fused-ring (bicyclic) bond motifs is 4. The summed E-state index contributed by atoms with van der Waals surface area (Å²) < 4.78 is 6.69. The number of pyridine rings is 2. The minimum absolute atomic E-state index is 0. The second kappa shape index (κ2) is 9.81. The fourth-order valence-electron chi connectivity index (χ4n) is 4.65. The SMILES string of the molecule is Cl.Cn1c(CNCc2cccnc2)cc2cc3c(cc21)CCCc1c-3[nH]c(=O)c(OC(=O)O)c1O. The third kappa shape index (κ3) is 4.60. The number of carbonyl (C=O) groups is 1. The molecule has 0 unspecified atom stereocenters. The van der Waals surface area contributed by atoms with Gasteiger partial charge < -0.3 is 29.8 Å². The number of aromatic amines is 1. The van der Waals surface area contributed by atoms with E-state index in [1.807, 2.05) is 31.4 Å². The molecule has 0 saturated heterocycles. The molecule has 3 aromatic heterocycles. The highest BCUT2D eigenvalue weighted by molar-refractivity contribution is 5.89. The zero-order valence-corrected chi connectivity index (χ0v) is 19.8. The Morgan fingerprint density at radius 3 is 2.83 bits per heavy atom. The van der Waals surface area contributed by atoms with E-state index in [0.29, 0.717) is 30.8 Å². The fourth-order valence-corrected chi connectivity index (χ4v) is 4.65. The number of carboxylic acid groups (broad SMARTS) is 1. The molecule has 4 N–H and O–H groups in total. The first-order valence-electron chi connectivity index (χ1n) is 11.0. The quantitative estimate of drug-likeness (QED) is 0.308. The summed E-state index contributed by atoms with van der Waals surface area (Å²) in [7, 11) is 2.03. The van der Waals surface area contributed by atoms with Crippen molar-refractivity contribution in [1.82, 2.24) is 19.9 Å². The summed E-state index contributed by atoms with van der Waals surface area (Å²) in [5.41, 5.74) is 5.41. The van der Waals surface area contributed by atoms with Crippen LogP contribution < -0.4 is 15.6 Å². The van der Waals surface area contributed by atoms with Crippen LogP contribution in [0.4, 0.5) is 4.79 Å². The topological polar surface area (TPSA) is 129 Å². The van der Waals surface area contributed by atoms with E-state index < -0.39 is 23.2 Å². The minimum Gasteiger partial charge on any atom is -0.504 e. The van der Waals surface area contributed by atoms with E-state index in [1.54, 1.807) is 6.20 Å². The summed E-state index contributed by atoms with van der Waals surface area (Å²) in [5.74, 6) is -1.00. The lowest BCUT2D eigenvalue weighted by Gasteiger charge is -2.13. The van der Waals surface area contributed by atoms with Gasteiger partial charge in [-0.25, -0.2) is 4.79 Å². The van der Waals surface area contributed by atoms with Crippen molar-refractivity contribution >= 4 is 29.5 Å². The number of aromatic nitrogens is 3. The van der Waals surface area contributed by atoms with Crippen molar-refractivity contribution in [3.63, 3.8) is 0 Å². The molecule has 5 rings (SSSR count). The summed E-state index contributed by atoms with van der Waals surface area (Å²) in [4.78, 5) is 30.3. The van der Waals surface area contributed by atoms with Gasteiger partial charge in [0.25, 0.3) is 5.56 Å². The Bertz CT molecular complexity index is 1460. The van der Waals surface area contributed by atoms with Crippen LogP contribution in [0.3, 0.4) is 0 Å². The van der Waals surface area contributed by atoms with Crippen LogP contribution in [0.1, 0.15) is 28.8 Å². The number of aryl methyl sites for hydroxylation is 2. The molecule has 0 spiro atoms. The Morgan fingerprint density at radius 1 is 1.26 bits per heavy atom. The molecule has 0 saturated carbocycles. The van der Waals surface area contributed by atoms with Crippen LogP contribution in [0, 0.1) is 0 Å². The lowest BCUT2D eigenvalue weighted by atomic mass is 9.99. The maximum absolute atomic E-state index is 12.5. The van der Waals surface area contributed by atoms with E-state index in [1.165, 1.54) is 0 Å². The first-order valence-corrected chi connectivity index (χ1v) is 11.0. The third-order valence-corrected chi connectivity index (χ3v) is 6.30.